The van der Waals surface area contributed by atoms with Crippen molar-refractivity contribution >= 4 is 11.9 Å². The van der Waals surface area contributed by atoms with Crippen molar-refractivity contribution in [1.82, 2.24) is 5.06 Å². The molecule has 0 aromatic heterocycles. The van der Waals surface area contributed by atoms with Gasteiger partial charge in [-0.1, -0.05) is 51.1 Å². The molecule has 1 heterocycles. The minimum Gasteiger partial charge on any atom is -0.478 e. The molecule has 4 unspecified atom stereocenters. The number of carbonyl (C=O) groups excluding carboxylic acids is 1. The second-order valence-electron chi connectivity index (χ2n) is 8.56. The molecule has 166 valence electrons. The third kappa shape index (κ3) is 5.49. The molecule has 0 aliphatic carbocycles. The van der Waals surface area contributed by atoms with E-state index in [2.05, 4.69) is 51.8 Å². The number of rotatable bonds is 9. The number of hydroxylamine groups is 2. The van der Waals surface area contributed by atoms with E-state index in [9.17, 15) is 9.59 Å². The number of esters is 1. The molecule has 1 saturated heterocycles. The van der Waals surface area contributed by atoms with Crippen LogP contribution in [0.3, 0.4) is 0 Å². The zero-order valence-electron chi connectivity index (χ0n) is 18.8. The molecule has 1 N–H and O–H groups in total. The quantitative estimate of drug-likeness (QED) is 0.474. The first-order valence-corrected chi connectivity index (χ1v) is 10.7. The normalized spacial score (nSPS) is 29.8. The van der Waals surface area contributed by atoms with Crippen LogP contribution in [0.15, 0.2) is 42.5 Å². The third-order valence-corrected chi connectivity index (χ3v) is 6.69. The van der Waals surface area contributed by atoms with Gasteiger partial charge in [0.15, 0.2) is 0 Å². The van der Waals surface area contributed by atoms with Crippen LogP contribution in [0.5, 0.6) is 0 Å². The molecule has 1 aliphatic rings. The Bertz CT molecular complexity index is 749. The maximum absolute atomic E-state index is 12.2. The van der Waals surface area contributed by atoms with Gasteiger partial charge in [0.1, 0.15) is 6.10 Å². The molecular formula is C24H35NO5. The zero-order valence-corrected chi connectivity index (χ0v) is 18.8. The van der Waals surface area contributed by atoms with Crippen LogP contribution in [0, 0.1) is 5.92 Å². The van der Waals surface area contributed by atoms with E-state index < -0.39 is 11.9 Å². The first-order chi connectivity index (χ1) is 14.2. The van der Waals surface area contributed by atoms with E-state index in [1.807, 2.05) is 18.2 Å². The maximum atomic E-state index is 12.2. The van der Waals surface area contributed by atoms with Crippen molar-refractivity contribution in [3.8, 4) is 0 Å². The zero-order chi connectivity index (χ0) is 22.4. The van der Waals surface area contributed by atoms with E-state index >= 15 is 0 Å². The topological polar surface area (TPSA) is 76.1 Å². The molecule has 1 aromatic carbocycles. The molecule has 6 nitrogen and oxygen atoms in total. The van der Waals surface area contributed by atoms with E-state index in [1.165, 1.54) is 5.56 Å². The van der Waals surface area contributed by atoms with Crippen LogP contribution >= 0.6 is 0 Å². The minimum absolute atomic E-state index is 0.0148. The lowest BCUT2D eigenvalue weighted by Crippen LogP contribution is -2.68. The summed E-state index contributed by atoms with van der Waals surface area (Å²) in [4.78, 5) is 29.2. The highest BCUT2D eigenvalue weighted by atomic mass is 16.7. The van der Waals surface area contributed by atoms with Gasteiger partial charge in [-0.3, -0.25) is 4.84 Å². The number of hydrogen-bond acceptors (Lipinski definition) is 5. The van der Waals surface area contributed by atoms with Crippen molar-refractivity contribution in [2.45, 2.75) is 77.5 Å². The molecule has 1 fully saturated rings. The molecule has 0 amide bonds. The molecule has 1 aromatic rings. The van der Waals surface area contributed by atoms with Crippen LogP contribution in [0.1, 0.15) is 59.4 Å². The van der Waals surface area contributed by atoms with Crippen LogP contribution in [-0.4, -0.2) is 45.9 Å². The van der Waals surface area contributed by atoms with E-state index in [1.54, 1.807) is 0 Å². The van der Waals surface area contributed by atoms with Gasteiger partial charge in [-0.2, -0.15) is 5.06 Å². The Balaban J connectivity index is 2.18. The molecular weight excluding hydrogens is 382 g/mol. The lowest BCUT2D eigenvalue weighted by molar-refractivity contribution is -0.317. The molecule has 0 radical (unpaired) electrons. The number of ether oxygens (including phenoxy) is 1. The van der Waals surface area contributed by atoms with Crippen LogP contribution in [-0.2, 0) is 25.6 Å². The fourth-order valence-electron chi connectivity index (χ4n) is 4.32. The van der Waals surface area contributed by atoms with Crippen molar-refractivity contribution in [2.75, 3.05) is 6.61 Å². The maximum Gasteiger partial charge on any atom is 0.331 e. The summed E-state index contributed by atoms with van der Waals surface area (Å²) in [6.45, 7) is 11.2. The van der Waals surface area contributed by atoms with Crippen molar-refractivity contribution in [2.24, 2.45) is 5.92 Å². The summed E-state index contributed by atoms with van der Waals surface area (Å²) < 4.78 is 5.70. The van der Waals surface area contributed by atoms with Gasteiger partial charge in [0, 0.05) is 35.6 Å². The molecule has 0 spiro atoms. The highest BCUT2D eigenvalue weighted by molar-refractivity contribution is 5.90. The van der Waals surface area contributed by atoms with Gasteiger partial charge in [0.2, 0.25) is 0 Å². The van der Waals surface area contributed by atoms with Gasteiger partial charge in [-0.25, -0.2) is 9.59 Å². The molecule has 6 heteroatoms. The van der Waals surface area contributed by atoms with Gasteiger partial charge in [0.25, 0.3) is 0 Å². The first-order valence-electron chi connectivity index (χ1n) is 10.7. The van der Waals surface area contributed by atoms with Crippen LogP contribution in [0.25, 0.3) is 0 Å². The Hall–Kier alpha value is -2.18. The summed E-state index contributed by atoms with van der Waals surface area (Å²) in [5, 5.41) is 10.9. The van der Waals surface area contributed by atoms with E-state index in [0.29, 0.717) is 13.0 Å². The average molecular weight is 418 g/mol. The number of benzene rings is 1. The standard InChI is InChI=1S/C24H35NO5/c1-6-23(4)17-20(30-22(28)14-13-21(26)27)18(3)24(5,7-2)25(23)29-16-15-19-11-9-8-10-12-19/h8-14,18,20H,6-7,15-17H2,1-5H3,(H,26,27). The molecule has 0 saturated carbocycles. The second-order valence-corrected chi connectivity index (χ2v) is 8.56. The lowest BCUT2D eigenvalue weighted by atomic mass is 9.69. The van der Waals surface area contributed by atoms with Gasteiger partial charge >= 0.3 is 11.9 Å². The molecule has 1 aliphatic heterocycles. The number of carboxylic acids is 1. The number of hydrogen-bond donors (Lipinski definition) is 1. The summed E-state index contributed by atoms with van der Waals surface area (Å²) >= 11 is 0. The summed E-state index contributed by atoms with van der Waals surface area (Å²) in [7, 11) is 0. The Morgan fingerprint density at radius 3 is 2.40 bits per heavy atom. The van der Waals surface area contributed by atoms with E-state index in [0.717, 1.165) is 31.4 Å². The third-order valence-electron chi connectivity index (χ3n) is 6.69. The second kappa shape index (κ2) is 10.2. The SMILES string of the molecule is CCC1(C)CC(OC(=O)C=CC(=O)O)C(C)C(C)(CC)N1OCCc1ccccc1. The van der Waals surface area contributed by atoms with Crippen molar-refractivity contribution in [3.05, 3.63) is 48.0 Å². The summed E-state index contributed by atoms with van der Waals surface area (Å²) in [5.74, 6) is -1.77. The van der Waals surface area contributed by atoms with E-state index in [-0.39, 0.29) is 23.1 Å². The highest BCUT2D eigenvalue weighted by Crippen LogP contribution is 2.46. The number of carboxylic acid groups (broad SMARTS) is 1. The Kier molecular flexibility index (Phi) is 8.21. The molecule has 30 heavy (non-hydrogen) atoms. The molecule has 0 bridgehead atoms. The smallest absolute Gasteiger partial charge is 0.331 e. The van der Waals surface area contributed by atoms with Crippen LogP contribution < -0.4 is 0 Å². The first kappa shape index (κ1) is 24.1. The van der Waals surface area contributed by atoms with Crippen molar-refractivity contribution in [1.29, 1.82) is 0 Å². The minimum atomic E-state index is -1.17. The average Bonchev–Trinajstić information content (AvgIpc) is 2.73. The largest absolute Gasteiger partial charge is 0.478 e. The number of aliphatic carboxylic acids is 1. The molecule has 2 rings (SSSR count). The summed E-state index contributed by atoms with van der Waals surface area (Å²) in [6, 6.07) is 10.3. The summed E-state index contributed by atoms with van der Waals surface area (Å²) in [6.07, 6.45) is 4.58. The predicted octanol–water partition coefficient (Wildman–Crippen LogP) is 4.39. The van der Waals surface area contributed by atoms with Gasteiger partial charge in [0.05, 0.1) is 6.61 Å². The fraction of sp³-hybridized carbons (Fsp3) is 0.583. The fourth-order valence-corrected chi connectivity index (χ4v) is 4.32. The van der Waals surface area contributed by atoms with Crippen LogP contribution in [0.4, 0.5) is 0 Å². The van der Waals surface area contributed by atoms with Gasteiger partial charge in [-0.15, -0.1) is 0 Å². The monoisotopic (exact) mass is 417 g/mol. The molecule has 4 atom stereocenters. The van der Waals surface area contributed by atoms with Gasteiger partial charge in [-0.05, 0) is 38.7 Å². The number of piperidine rings is 1. The summed E-state index contributed by atoms with van der Waals surface area (Å²) in [5.41, 5.74) is 0.590. The Morgan fingerprint density at radius 2 is 1.83 bits per heavy atom. The number of carbonyl (C=O) groups is 2. The Labute approximate surface area is 179 Å². The lowest BCUT2D eigenvalue weighted by Gasteiger charge is -2.58. The van der Waals surface area contributed by atoms with Crippen molar-refractivity contribution < 1.29 is 24.3 Å². The van der Waals surface area contributed by atoms with Crippen LogP contribution in [0.2, 0.25) is 0 Å². The highest BCUT2D eigenvalue weighted by Gasteiger charge is 2.55. The number of nitrogens with zero attached hydrogens (tertiary/aromatic N) is 1. The predicted molar refractivity (Wildman–Crippen MR) is 116 cm³/mol. The van der Waals surface area contributed by atoms with E-state index in [4.69, 9.17) is 14.7 Å². The van der Waals surface area contributed by atoms with Crippen molar-refractivity contribution in [3.63, 3.8) is 0 Å². The van der Waals surface area contributed by atoms with Gasteiger partial charge < -0.3 is 9.84 Å². The Morgan fingerprint density at radius 1 is 1.17 bits per heavy atom.